The van der Waals surface area contributed by atoms with Crippen molar-refractivity contribution < 1.29 is 9.18 Å². The summed E-state index contributed by atoms with van der Waals surface area (Å²) >= 11 is 0. The van der Waals surface area contributed by atoms with E-state index in [1.54, 1.807) is 0 Å². The van der Waals surface area contributed by atoms with E-state index in [1.165, 1.54) is 0 Å². The first kappa shape index (κ1) is 8.97. The molecule has 0 saturated heterocycles. The summed E-state index contributed by atoms with van der Waals surface area (Å²) in [5.41, 5.74) is -1.51. The van der Waals surface area contributed by atoms with Crippen molar-refractivity contribution in [2.45, 2.75) is 51.2 Å². The van der Waals surface area contributed by atoms with Crippen LogP contribution in [0.4, 0.5) is 4.39 Å². The molecule has 3 aliphatic rings. The van der Waals surface area contributed by atoms with E-state index in [0.29, 0.717) is 19.3 Å². The number of alkyl halides is 1. The van der Waals surface area contributed by atoms with E-state index >= 15 is 0 Å². The molecule has 0 aromatic carbocycles. The molecule has 3 heteroatoms. The zero-order chi connectivity index (χ0) is 9.91. The van der Waals surface area contributed by atoms with Crippen molar-refractivity contribution in [2.24, 2.45) is 5.41 Å². The second-order valence-corrected chi connectivity index (χ2v) is 5.67. The maximum Gasteiger partial charge on any atom is 0.226 e. The summed E-state index contributed by atoms with van der Waals surface area (Å²) in [5, 5.41) is 2.91. The molecule has 3 saturated carbocycles. The normalized spacial score (nSPS) is 41.8. The molecular formula is C10H16FNO. The van der Waals surface area contributed by atoms with Crippen LogP contribution >= 0.6 is 0 Å². The minimum absolute atomic E-state index is 0.0412. The summed E-state index contributed by atoms with van der Waals surface area (Å²) in [6.45, 7) is 5.84. The molecule has 0 aliphatic heterocycles. The SMILES string of the molecule is CC(C)(C)NC(=O)C12CC(F)(C1)C2. The molecule has 74 valence electrons. The van der Waals surface area contributed by atoms with Gasteiger partial charge >= 0.3 is 0 Å². The van der Waals surface area contributed by atoms with Crippen LogP contribution in [0.5, 0.6) is 0 Å². The van der Waals surface area contributed by atoms with Gasteiger partial charge < -0.3 is 5.32 Å². The van der Waals surface area contributed by atoms with Crippen LogP contribution in [-0.2, 0) is 4.79 Å². The van der Waals surface area contributed by atoms with E-state index in [0.717, 1.165) is 0 Å². The highest BCUT2D eigenvalue weighted by Crippen LogP contribution is 2.69. The predicted octanol–water partition coefficient (Wildman–Crippen LogP) is 1.79. The van der Waals surface area contributed by atoms with Crippen molar-refractivity contribution in [3.8, 4) is 0 Å². The van der Waals surface area contributed by atoms with Crippen LogP contribution in [0.25, 0.3) is 0 Å². The number of carbonyl (C=O) groups excluding carboxylic acids is 1. The van der Waals surface area contributed by atoms with Crippen LogP contribution in [0.3, 0.4) is 0 Å². The van der Waals surface area contributed by atoms with Crippen LogP contribution in [0, 0.1) is 5.41 Å². The number of hydrogen-bond donors (Lipinski definition) is 1. The van der Waals surface area contributed by atoms with Gasteiger partial charge in [-0.15, -0.1) is 0 Å². The molecule has 3 fully saturated rings. The Kier molecular flexibility index (Phi) is 1.43. The molecule has 0 heterocycles. The van der Waals surface area contributed by atoms with Crippen LogP contribution in [0.15, 0.2) is 0 Å². The summed E-state index contributed by atoms with van der Waals surface area (Å²) in [7, 11) is 0. The van der Waals surface area contributed by atoms with Gasteiger partial charge in [-0.2, -0.15) is 0 Å². The van der Waals surface area contributed by atoms with Crippen LogP contribution < -0.4 is 5.32 Å². The third-order valence-electron chi connectivity index (χ3n) is 2.94. The van der Waals surface area contributed by atoms with Crippen LogP contribution in [0.1, 0.15) is 40.0 Å². The Morgan fingerprint density at radius 3 is 2.08 bits per heavy atom. The maximum atomic E-state index is 13.1. The Balaban J connectivity index is 1.94. The minimum atomic E-state index is -0.977. The van der Waals surface area contributed by atoms with Gasteiger partial charge in [-0.25, -0.2) is 4.39 Å². The minimum Gasteiger partial charge on any atom is -0.351 e. The molecular weight excluding hydrogens is 169 g/mol. The zero-order valence-electron chi connectivity index (χ0n) is 8.41. The van der Waals surface area contributed by atoms with Gasteiger partial charge in [0.05, 0.1) is 5.41 Å². The van der Waals surface area contributed by atoms with Crippen LogP contribution in [0.2, 0.25) is 0 Å². The fraction of sp³-hybridized carbons (Fsp3) is 0.900. The Morgan fingerprint density at radius 1 is 1.31 bits per heavy atom. The fourth-order valence-corrected chi connectivity index (χ4v) is 2.38. The highest BCUT2D eigenvalue weighted by atomic mass is 19.1. The molecule has 2 nitrogen and oxygen atoms in total. The third-order valence-corrected chi connectivity index (χ3v) is 2.94. The summed E-state index contributed by atoms with van der Waals surface area (Å²) in [4.78, 5) is 11.7. The topological polar surface area (TPSA) is 29.1 Å². The first-order valence-corrected chi connectivity index (χ1v) is 4.76. The molecule has 13 heavy (non-hydrogen) atoms. The summed E-state index contributed by atoms with van der Waals surface area (Å²) in [6, 6.07) is 0. The fourth-order valence-electron chi connectivity index (χ4n) is 2.38. The lowest BCUT2D eigenvalue weighted by molar-refractivity contribution is -0.214. The zero-order valence-corrected chi connectivity index (χ0v) is 8.41. The largest absolute Gasteiger partial charge is 0.351 e. The van der Waals surface area contributed by atoms with E-state index in [9.17, 15) is 9.18 Å². The summed E-state index contributed by atoms with van der Waals surface area (Å²) in [5.74, 6) is 0.0412. The van der Waals surface area contributed by atoms with Gasteiger partial charge in [0.15, 0.2) is 0 Å². The Morgan fingerprint density at radius 2 is 1.77 bits per heavy atom. The van der Waals surface area contributed by atoms with Crippen molar-refractivity contribution in [1.29, 1.82) is 0 Å². The van der Waals surface area contributed by atoms with Gasteiger partial charge in [-0.05, 0) is 40.0 Å². The molecule has 0 aromatic heterocycles. The lowest BCUT2D eigenvalue weighted by Gasteiger charge is -2.64. The molecule has 3 rings (SSSR count). The summed E-state index contributed by atoms with van der Waals surface area (Å²) in [6.07, 6.45) is 1.34. The Bertz CT molecular complexity index is 247. The number of halogens is 1. The molecule has 3 aliphatic carbocycles. The van der Waals surface area contributed by atoms with E-state index in [-0.39, 0.29) is 16.9 Å². The molecule has 0 spiro atoms. The van der Waals surface area contributed by atoms with Gasteiger partial charge in [0.2, 0.25) is 5.91 Å². The standard InChI is InChI=1S/C10H16FNO/c1-8(2,3)12-7(13)9-4-10(11,5-9)6-9/h4-6H2,1-3H3,(H,12,13). The molecule has 1 N–H and O–H groups in total. The lowest BCUT2D eigenvalue weighted by Crippen LogP contribution is -2.71. The lowest BCUT2D eigenvalue weighted by atomic mass is 9.42. The van der Waals surface area contributed by atoms with Crippen molar-refractivity contribution >= 4 is 5.91 Å². The molecule has 0 atom stereocenters. The van der Waals surface area contributed by atoms with Crippen molar-refractivity contribution in [1.82, 2.24) is 5.32 Å². The predicted molar refractivity (Wildman–Crippen MR) is 48.0 cm³/mol. The first-order chi connectivity index (χ1) is 5.75. The molecule has 1 amide bonds. The van der Waals surface area contributed by atoms with E-state index < -0.39 is 5.67 Å². The maximum absolute atomic E-state index is 13.1. The Labute approximate surface area is 77.9 Å². The molecule has 0 radical (unpaired) electrons. The average molecular weight is 185 g/mol. The van der Waals surface area contributed by atoms with E-state index in [4.69, 9.17) is 0 Å². The number of carbonyl (C=O) groups is 1. The number of amides is 1. The average Bonchev–Trinajstić information content (AvgIpc) is 1.73. The number of nitrogens with one attached hydrogen (secondary N) is 1. The van der Waals surface area contributed by atoms with Crippen LogP contribution in [-0.4, -0.2) is 17.1 Å². The summed E-state index contributed by atoms with van der Waals surface area (Å²) < 4.78 is 13.1. The number of hydrogen-bond acceptors (Lipinski definition) is 1. The van der Waals surface area contributed by atoms with E-state index in [2.05, 4.69) is 5.32 Å². The van der Waals surface area contributed by atoms with Gasteiger partial charge in [-0.1, -0.05) is 0 Å². The quantitative estimate of drug-likeness (QED) is 0.663. The van der Waals surface area contributed by atoms with Gasteiger partial charge in [0.1, 0.15) is 5.67 Å². The van der Waals surface area contributed by atoms with E-state index in [1.807, 2.05) is 20.8 Å². The second kappa shape index (κ2) is 2.07. The smallest absolute Gasteiger partial charge is 0.226 e. The molecule has 0 aromatic rings. The number of rotatable bonds is 1. The molecule has 0 unspecified atom stereocenters. The second-order valence-electron chi connectivity index (χ2n) is 5.67. The molecule has 2 bridgehead atoms. The Hall–Kier alpha value is -0.600. The first-order valence-electron chi connectivity index (χ1n) is 4.76. The van der Waals surface area contributed by atoms with Gasteiger partial charge in [0, 0.05) is 5.54 Å². The monoisotopic (exact) mass is 185 g/mol. The van der Waals surface area contributed by atoms with Gasteiger partial charge in [0.25, 0.3) is 0 Å². The third kappa shape index (κ3) is 1.25. The van der Waals surface area contributed by atoms with Crippen molar-refractivity contribution in [2.75, 3.05) is 0 Å². The highest BCUT2D eigenvalue weighted by molar-refractivity contribution is 5.87. The van der Waals surface area contributed by atoms with Crippen molar-refractivity contribution in [3.05, 3.63) is 0 Å². The van der Waals surface area contributed by atoms with Crippen molar-refractivity contribution in [3.63, 3.8) is 0 Å². The highest BCUT2D eigenvalue weighted by Gasteiger charge is 2.72. The van der Waals surface area contributed by atoms with Gasteiger partial charge in [-0.3, -0.25) is 4.79 Å².